The molecule has 0 saturated carbocycles. The Morgan fingerprint density at radius 2 is 2.10 bits per heavy atom. The predicted octanol–water partition coefficient (Wildman–Crippen LogP) is 2.56. The Morgan fingerprint density at radius 1 is 1.40 bits per heavy atom. The Hall–Kier alpha value is -1.44. The largest absolute Gasteiger partial charge is 0.360 e. The molecule has 2 aromatic rings. The maximum Gasteiger partial charge on any atom is 0.246 e. The predicted molar refractivity (Wildman–Crippen MR) is 71.4 cm³/mol. The molecule has 0 amide bonds. The van der Waals surface area contributed by atoms with Gasteiger partial charge in [-0.3, -0.25) is 0 Å². The first-order chi connectivity index (χ1) is 9.31. The molecule has 0 saturated heterocycles. The van der Waals surface area contributed by atoms with Crippen LogP contribution in [0.3, 0.4) is 0 Å². The van der Waals surface area contributed by atoms with Gasteiger partial charge in [-0.2, -0.15) is 0 Å². The van der Waals surface area contributed by atoms with Crippen molar-refractivity contribution in [1.82, 2.24) is 9.88 Å². The summed E-state index contributed by atoms with van der Waals surface area (Å²) in [6.45, 7) is 3.00. The lowest BCUT2D eigenvalue weighted by molar-refractivity contribution is 0.390. The molecule has 1 heterocycles. The summed E-state index contributed by atoms with van der Waals surface area (Å²) in [5.74, 6) is -0.271. The van der Waals surface area contributed by atoms with Gasteiger partial charge in [-0.15, -0.1) is 0 Å². The molecule has 0 aliphatic carbocycles. The molecule has 0 unspecified atom stereocenters. The summed E-state index contributed by atoms with van der Waals surface area (Å²) in [5.41, 5.74) is 0.753. The molecule has 0 aliphatic rings. The van der Waals surface area contributed by atoms with Gasteiger partial charge in [0.25, 0.3) is 0 Å². The van der Waals surface area contributed by atoms with E-state index < -0.39 is 15.8 Å². The third-order valence-electron chi connectivity index (χ3n) is 2.70. The summed E-state index contributed by atoms with van der Waals surface area (Å²) < 4.78 is 44.4. The van der Waals surface area contributed by atoms with Gasteiger partial charge in [0, 0.05) is 11.6 Å². The van der Waals surface area contributed by atoms with E-state index in [2.05, 4.69) is 9.88 Å². The molecule has 8 heteroatoms. The molecule has 0 fully saturated rings. The molecule has 0 bridgehead atoms. The molecule has 5 nitrogen and oxygen atoms in total. The van der Waals surface area contributed by atoms with Crippen molar-refractivity contribution >= 4 is 21.6 Å². The van der Waals surface area contributed by atoms with Crippen LogP contribution in [0.5, 0.6) is 0 Å². The highest BCUT2D eigenvalue weighted by Crippen LogP contribution is 2.21. The van der Waals surface area contributed by atoms with E-state index in [0.717, 1.165) is 6.07 Å². The van der Waals surface area contributed by atoms with Crippen LogP contribution < -0.4 is 4.72 Å². The molecule has 20 heavy (non-hydrogen) atoms. The minimum Gasteiger partial charge on any atom is -0.360 e. The van der Waals surface area contributed by atoms with E-state index in [1.807, 2.05) is 0 Å². The zero-order valence-corrected chi connectivity index (χ0v) is 12.3. The van der Waals surface area contributed by atoms with Crippen LogP contribution in [0.15, 0.2) is 27.6 Å². The Kier molecular flexibility index (Phi) is 4.12. The molecule has 0 radical (unpaired) electrons. The van der Waals surface area contributed by atoms with E-state index in [0.29, 0.717) is 5.56 Å². The van der Waals surface area contributed by atoms with Gasteiger partial charge in [-0.05, 0) is 31.5 Å². The molecule has 1 aromatic heterocycles. The van der Waals surface area contributed by atoms with Gasteiger partial charge >= 0.3 is 0 Å². The van der Waals surface area contributed by atoms with Crippen molar-refractivity contribution in [1.29, 1.82) is 0 Å². The van der Waals surface area contributed by atoms with Crippen molar-refractivity contribution in [3.63, 3.8) is 0 Å². The van der Waals surface area contributed by atoms with E-state index in [1.165, 1.54) is 26.0 Å². The van der Waals surface area contributed by atoms with Gasteiger partial charge in [0.15, 0.2) is 5.76 Å². The summed E-state index contributed by atoms with van der Waals surface area (Å²) in [4.78, 5) is 0.00994. The normalized spacial score (nSPS) is 11.8. The average Bonchev–Trinajstić information content (AvgIpc) is 2.68. The van der Waals surface area contributed by atoms with Crippen molar-refractivity contribution in [2.45, 2.75) is 25.3 Å². The van der Waals surface area contributed by atoms with Crippen LogP contribution in [0.2, 0.25) is 5.02 Å². The summed E-state index contributed by atoms with van der Waals surface area (Å²) in [6, 6.07) is 3.76. The highest BCUT2D eigenvalue weighted by atomic mass is 35.5. The molecular weight excluding hydrogens is 307 g/mol. The molecular formula is C12H12ClFN2O3S. The van der Waals surface area contributed by atoms with Gasteiger partial charge in [0.05, 0.1) is 0 Å². The minimum atomic E-state index is -3.76. The maximum atomic E-state index is 12.9. The topological polar surface area (TPSA) is 72.2 Å². The second-order valence-corrected chi connectivity index (χ2v) is 6.32. The van der Waals surface area contributed by atoms with Crippen molar-refractivity contribution in [2.24, 2.45) is 0 Å². The van der Waals surface area contributed by atoms with Crippen molar-refractivity contribution in [2.75, 3.05) is 0 Å². The van der Waals surface area contributed by atoms with E-state index >= 15 is 0 Å². The number of nitrogens with one attached hydrogen (secondary N) is 1. The van der Waals surface area contributed by atoms with E-state index in [1.54, 1.807) is 0 Å². The van der Waals surface area contributed by atoms with E-state index in [4.69, 9.17) is 16.1 Å². The molecule has 2 rings (SSSR count). The first-order valence-corrected chi connectivity index (χ1v) is 7.54. The van der Waals surface area contributed by atoms with Crippen molar-refractivity contribution < 1.29 is 17.3 Å². The second-order valence-electron chi connectivity index (χ2n) is 4.21. The number of nitrogens with zero attached hydrogens (tertiary/aromatic N) is 1. The highest BCUT2D eigenvalue weighted by Gasteiger charge is 2.24. The molecule has 108 valence electrons. The summed E-state index contributed by atoms with van der Waals surface area (Å²) in [5, 5.41) is 3.76. The van der Waals surface area contributed by atoms with Crippen LogP contribution in [0, 0.1) is 19.7 Å². The lowest BCUT2D eigenvalue weighted by Gasteiger charge is -2.07. The number of aromatic nitrogens is 1. The van der Waals surface area contributed by atoms with Gasteiger partial charge in [0.2, 0.25) is 10.0 Å². The Balaban J connectivity index is 2.22. The zero-order valence-electron chi connectivity index (χ0n) is 10.8. The molecule has 1 aromatic carbocycles. The number of aryl methyl sites for hydroxylation is 2. The van der Waals surface area contributed by atoms with Gasteiger partial charge < -0.3 is 4.52 Å². The number of hydrogen-bond acceptors (Lipinski definition) is 4. The van der Waals surface area contributed by atoms with Crippen LogP contribution in [0.4, 0.5) is 4.39 Å². The third kappa shape index (κ3) is 3.00. The number of rotatable bonds is 4. The van der Waals surface area contributed by atoms with Gasteiger partial charge in [-0.25, -0.2) is 17.5 Å². The fourth-order valence-electron chi connectivity index (χ4n) is 1.77. The van der Waals surface area contributed by atoms with Crippen LogP contribution in [0.25, 0.3) is 0 Å². The molecule has 1 N–H and O–H groups in total. The zero-order chi connectivity index (χ0) is 14.9. The summed E-state index contributed by atoms with van der Waals surface area (Å²) in [6.07, 6.45) is 0. The first-order valence-electron chi connectivity index (χ1n) is 5.67. The lowest BCUT2D eigenvalue weighted by Crippen LogP contribution is -2.24. The van der Waals surface area contributed by atoms with Crippen LogP contribution in [-0.2, 0) is 16.6 Å². The lowest BCUT2D eigenvalue weighted by atomic mass is 10.2. The number of benzene rings is 1. The monoisotopic (exact) mass is 318 g/mol. The van der Waals surface area contributed by atoms with Gasteiger partial charge in [0.1, 0.15) is 16.4 Å². The number of hydrogen-bond donors (Lipinski definition) is 1. The number of sulfonamides is 1. The van der Waals surface area contributed by atoms with Gasteiger partial charge in [-0.1, -0.05) is 22.8 Å². The Bertz CT molecular complexity index is 724. The quantitative estimate of drug-likeness (QED) is 0.940. The highest BCUT2D eigenvalue weighted by molar-refractivity contribution is 7.89. The average molecular weight is 319 g/mol. The van der Waals surface area contributed by atoms with Crippen molar-refractivity contribution in [3.05, 3.63) is 46.1 Å². The fourth-order valence-corrected chi connectivity index (χ4v) is 3.33. The maximum absolute atomic E-state index is 12.9. The van der Waals surface area contributed by atoms with Crippen LogP contribution in [-0.4, -0.2) is 13.6 Å². The molecule has 0 atom stereocenters. The smallest absolute Gasteiger partial charge is 0.246 e. The van der Waals surface area contributed by atoms with E-state index in [9.17, 15) is 12.8 Å². The summed E-state index contributed by atoms with van der Waals surface area (Å²) >= 11 is 5.84. The molecule has 0 aliphatic heterocycles. The summed E-state index contributed by atoms with van der Waals surface area (Å²) in [7, 11) is -3.76. The Labute approximate surface area is 120 Å². The number of halogens is 2. The SMILES string of the molecule is Cc1noc(C)c1S(=O)(=O)NCc1ccc(F)cc1Cl. The van der Waals surface area contributed by atoms with Crippen LogP contribution in [0.1, 0.15) is 17.0 Å². The fraction of sp³-hybridized carbons (Fsp3) is 0.250. The minimum absolute atomic E-state index is 0.00994. The van der Waals surface area contributed by atoms with Crippen molar-refractivity contribution in [3.8, 4) is 0 Å². The standard InChI is InChI=1S/C12H12ClFN2O3S/c1-7-12(8(2)19-16-7)20(17,18)15-6-9-3-4-10(14)5-11(9)13/h3-5,15H,6H2,1-2H3. The second kappa shape index (κ2) is 5.51. The van der Waals surface area contributed by atoms with E-state index in [-0.39, 0.29) is 27.9 Å². The van der Waals surface area contributed by atoms with Crippen LogP contribution >= 0.6 is 11.6 Å². The Morgan fingerprint density at radius 3 is 2.65 bits per heavy atom. The molecule has 0 spiro atoms. The first kappa shape index (κ1) is 15.0. The third-order valence-corrected chi connectivity index (χ3v) is 4.70.